The lowest BCUT2D eigenvalue weighted by Gasteiger charge is -2.11. The highest BCUT2D eigenvalue weighted by Crippen LogP contribution is 2.25. The third-order valence-electron chi connectivity index (χ3n) is 3.96. The molecule has 2 aromatic carbocycles. The third-order valence-corrected chi connectivity index (χ3v) is 5.67. The molecular formula is C21H16BrNO5S. The molecule has 0 fully saturated rings. The molecule has 8 heteroatoms. The monoisotopic (exact) mass is 473 g/mol. The van der Waals surface area contributed by atoms with E-state index >= 15 is 0 Å². The number of rotatable bonds is 8. The van der Waals surface area contributed by atoms with Gasteiger partial charge in [0.2, 0.25) is 0 Å². The number of hydrogen-bond acceptors (Lipinski definition) is 6. The first-order valence-electron chi connectivity index (χ1n) is 8.47. The second-order valence-corrected chi connectivity index (χ2v) is 7.77. The van der Waals surface area contributed by atoms with E-state index in [1.807, 2.05) is 17.5 Å². The van der Waals surface area contributed by atoms with Gasteiger partial charge in [0.1, 0.15) is 18.1 Å². The van der Waals surface area contributed by atoms with Crippen molar-refractivity contribution in [3.63, 3.8) is 0 Å². The molecule has 0 saturated carbocycles. The van der Waals surface area contributed by atoms with E-state index in [-0.39, 0.29) is 18.1 Å². The van der Waals surface area contributed by atoms with Crippen molar-refractivity contribution in [2.75, 3.05) is 7.11 Å². The van der Waals surface area contributed by atoms with Gasteiger partial charge in [-0.25, -0.2) is 0 Å². The summed E-state index contributed by atoms with van der Waals surface area (Å²) in [5, 5.41) is 12.8. The van der Waals surface area contributed by atoms with E-state index in [0.717, 1.165) is 15.6 Å². The van der Waals surface area contributed by atoms with Gasteiger partial charge in [-0.05, 0) is 51.8 Å². The van der Waals surface area contributed by atoms with E-state index in [4.69, 9.17) is 9.47 Å². The zero-order valence-corrected chi connectivity index (χ0v) is 17.7. The molecule has 0 saturated heterocycles. The highest BCUT2D eigenvalue weighted by atomic mass is 79.9. The molecule has 0 aliphatic heterocycles. The maximum absolute atomic E-state index is 12.2. The SMILES string of the molecule is COc1ccc(/C=C/C(=O)c2cc(Br)cs2)cc1COc1cccc([N+](=O)[O-])c1. The van der Waals surface area contributed by atoms with Crippen LogP contribution in [0.3, 0.4) is 0 Å². The molecule has 0 N–H and O–H groups in total. The first-order valence-corrected chi connectivity index (χ1v) is 10.1. The molecular weight excluding hydrogens is 458 g/mol. The van der Waals surface area contributed by atoms with Gasteiger partial charge in [0.05, 0.1) is 23.0 Å². The number of allylic oxidation sites excluding steroid dienone is 1. The molecule has 148 valence electrons. The number of nitro groups is 1. The van der Waals surface area contributed by atoms with Gasteiger partial charge in [0.25, 0.3) is 5.69 Å². The van der Waals surface area contributed by atoms with Crippen molar-refractivity contribution in [2.45, 2.75) is 6.61 Å². The second kappa shape index (κ2) is 9.49. The lowest BCUT2D eigenvalue weighted by molar-refractivity contribution is -0.384. The van der Waals surface area contributed by atoms with Crippen LogP contribution in [0.2, 0.25) is 0 Å². The van der Waals surface area contributed by atoms with E-state index in [1.165, 1.54) is 29.5 Å². The van der Waals surface area contributed by atoms with E-state index in [9.17, 15) is 14.9 Å². The molecule has 0 bridgehead atoms. The Morgan fingerprint density at radius 2 is 2.07 bits per heavy atom. The molecule has 6 nitrogen and oxygen atoms in total. The summed E-state index contributed by atoms with van der Waals surface area (Å²) < 4.78 is 11.9. The van der Waals surface area contributed by atoms with Crippen LogP contribution in [0.5, 0.6) is 11.5 Å². The number of ketones is 1. The summed E-state index contributed by atoms with van der Waals surface area (Å²) in [5.74, 6) is 0.938. The number of non-ortho nitro benzene ring substituents is 1. The van der Waals surface area contributed by atoms with Crippen molar-refractivity contribution in [1.29, 1.82) is 0 Å². The fraction of sp³-hybridized carbons (Fsp3) is 0.0952. The van der Waals surface area contributed by atoms with Crippen molar-refractivity contribution in [2.24, 2.45) is 0 Å². The summed E-state index contributed by atoms with van der Waals surface area (Å²) >= 11 is 4.71. The number of hydrogen-bond donors (Lipinski definition) is 0. The molecule has 0 atom stereocenters. The van der Waals surface area contributed by atoms with Gasteiger partial charge < -0.3 is 9.47 Å². The van der Waals surface area contributed by atoms with E-state index in [1.54, 1.807) is 37.5 Å². The predicted octanol–water partition coefficient (Wildman–Crippen LogP) is 5.90. The van der Waals surface area contributed by atoms with E-state index in [2.05, 4.69) is 15.9 Å². The smallest absolute Gasteiger partial charge is 0.273 e. The van der Waals surface area contributed by atoms with Crippen LogP contribution in [0.1, 0.15) is 20.8 Å². The standard InChI is InChI=1S/C21H16BrNO5S/c1-27-20-8-6-14(5-7-19(24)21-10-16(22)13-29-21)9-15(20)12-28-18-4-2-3-17(11-18)23(25)26/h2-11,13H,12H2,1H3/b7-5+. The summed E-state index contributed by atoms with van der Waals surface area (Å²) in [6.45, 7) is 0.165. The van der Waals surface area contributed by atoms with Crippen LogP contribution in [-0.2, 0) is 6.61 Å². The topological polar surface area (TPSA) is 78.7 Å². The number of ether oxygens (including phenoxy) is 2. The fourth-order valence-corrected chi connectivity index (χ4v) is 3.91. The van der Waals surface area contributed by atoms with Crippen LogP contribution in [0.15, 0.2) is 64.5 Å². The maximum Gasteiger partial charge on any atom is 0.273 e. The average Bonchev–Trinajstić information content (AvgIpc) is 3.17. The highest BCUT2D eigenvalue weighted by molar-refractivity contribution is 9.10. The third kappa shape index (κ3) is 5.52. The summed E-state index contributed by atoms with van der Waals surface area (Å²) in [7, 11) is 1.56. The number of nitrogens with zero attached hydrogens (tertiary/aromatic N) is 1. The van der Waals surface area contributed by atoms with Gasteiger partial charge in [-0.2, -0.15) is 0 Å². The zero-order chi connectivity index (χ0) is 20.8. The molecule has 0 aliphatic carbocycles. The lowest BCUT2D eigenvalue weighted by atomic mass is 10.1. The molecule has 0 aliphatic rings. The van der Waals surface area contributed by atoms with Gasteiger partial charge in [-0.3, -0.25) is 14.9 Å². The van der Waals surface area contributed by atoms with Crippen LogP contribution < -0.4 is 9.47 Å². The van der Waals surface area contributed by atoms with Crippen molar-refractivity contribution in [3.8, 4) is 11.5 Å². The lowest BCUT2D eigenvalue weighted by Crippen LogP contribution is -2.00. The zero-order valence-electron chi connectivity index (χ0n) is 15.3. The largest absolute Gasteiger partial charge is 0.496 e. The minimum atomic E-state index is -0.470. The Bertz CT molecular complexity index is 1080. The van der Waals surface area contributed by atoms with Gasteiger partial charge in [0.15, 0.2) is 5.78 Å². The number of benzene rings is 2. The molecule has 0 amide bonds. The maximum atomic E-state index is 12.2. The highest BCUT2D eigenvalue weighted by Gasteiger charge is 2.09. The summed E-state index contributed by atoms with van der Waals surface area (Å²) in [6, 6.07) is 13.3. The minimum absolute atomic E-state index is 0.0372. The molecule has 3 aromatic rings. The normalized spacial score (nSPS) is 10.8. The molecule has 29 heavy (non-hydrogen) atoms. The van der Waals surface area contributed by atoms with Crippen molar-refractivity contribution >= 4 is 44.8 Å². The Kier molecular flexibility index (Phi) is 6.79. The summed E-state index contributed by atoms with van der Waals surface area (Å²) in [5.41, 5.74) is 1.53. The van der Waals surface area contributed by atoms with Gasteiger partial charge in [-0.15, -0.1) is 11.3 Å². The van der Waals surface area contributed by atoms with Crippen molar-refractivity contribution in [1.82, 2.24) is 0 Å². The number of carbonyl (C=O) groups excluding carboxylic acids is 1. The summed E-state index contributed by atoms with van der Waals surface area (Å²) in [6.07, 6.45) is 3.25. The Balaban J connectivity index is 1.75. The summed E-state index contributed by atoms with van der Waals surface area (Å²) in [4.78, 5) is 23.3. The average molecular weight is 474 g/mol. The van der Waals surface area contributed by atoms with Crippen LogP contribution in [0, 0.1) is 10.1 Å². The van der Waals surface area contributed by atoms with Gasteiger partial charge in [-0.1, -0.05) is 18.2 Å². The molecule has 1 aromatic heterocycles. The minimum Gasteiger partial charge on any atom is -0.496 e. The molecule has 0 radical (unpaired) electrons. The molecule has 0 spiro atoms. The van der Waals surface area contributed by atoms with Crippen LogP contribution in [0.4, 0.5) is 5.69 Å². The van der Waals surface area contributed by atoms with Crippen molar-refractivity contribution in [3.05, 3.63) is 90.6 Å². The van der Waals surface area contributed by atoms with E-state index < -0.39 is 4.92 Å². The first kappa shape index (κ1) is 20.8. The second-order valence-electron chi connectivity index (χ2n) is 5.94. The Hall–Kier alpha value is -2.97. The fourth-order valence-electron chi connectivity index (χ4n) is 2.56. The van der Waals surface area contributed by atoms with E-state index in [0.29, 0.717) is 16.4 Å². The number of halogens is 1. The predicted molar refractivity (Wildman–Crippen MR) is 116 cm³/mol. The first-order chi connectivity index (χ1) is 14.0. The molecule has 3 rings (SSSR count). The van der Waals surface area contributed by atoms with Crippen molar-refractivity contribution < 1.29 is 19.2 Å². The number of carbonyl (C=O) groups is 1. The van der Waals surface area contributed by atoms with Crippen LogP contribution in [-0.4, -0.2) is 17.8 Å². The van der Waals surface area contributed by atoms with Gasteiger partial charge >= 0.3 is 0 Å². The Labute approximate surface area is 179 Å². The Morgan fingerprint density at radius 1 is 1.24 bits per heavy atom. The van der Waals surface area contributed by atoms with Crippen LogP contribution in [0.25, 0.3) is 6.08 Å². The van der Waals surface area contributed by atoms with Crippen LogP contribution >= 0.6 is 27.3 Å². The molecule has 0 unspecified atom stereocenters. The van der Waals surface area contributed by atoms with Gasteiger partial charge in [0, 0.05) is 21.5 Å². The molecule has 1 heterocycles. The number of nitro benzene ring substituents is 1. The Morgan fingerprint density at radius 3 is 2.76 bits per heavy atom. The quantitative estimate of drug-likeness (QED) is 0.176. The number of thiophene rings is 1. The number of methoxy groups -OCH3 is 1.